The summed E-state index contributed by atoms with van der Waals surface area (Å²) < 4.78 is 4.80. The summed E-state index contributed by atoms with van der Waals surface area (Å²) in [6.45, 7) is 6.49. The Labute approximate surface area is 113 Å². The molecule has 0 aliphatic carbocycles. The Hall–Kier alpha value is 1.36. The van der Waals surface area contributed by atoms with Gasteiger partial charge < -0.3 is 32.7 Å². The third-order valence-corrected chi connectivity index (χ3v) is 1.89. The second kappa shape index (κ2) is 9.40. The second-order valence-corrected chi connectivity index (χ2v) is 7.17. The number of aliphatic hydroxyl groups is 3. The van der Waals surface area contributed by atoms with E-state index in [0.717, 1.165) is 0 Å². The molecule has 3 N–H and O–H groups in total. The van der Waals surface area contributed by atoms with E-state index in [1.54, 1.807) is 0 Å². The van der Waals surface area contributed by atoms with Crippen LogP contribution >= 0.6 is 7.92 Å². The molecule has 1 aliphatic heterocycles. The molecule has 1 unspecified atom stereocenters. The minimum Gasteiger partial charge on any atom is -0.759 e. The maximum Gasteiger partial charge on any atom is 1.00 e. The minimum absolute atomic E-state index is 0. The van der Waals surface area contributed by atoms with Crippen LogP contribution < -0.4 is 0 Å². The molecule has 1 saturated heterocycles. The molecule has 0 aromatic heterocycles. The summed E-state index contributed by atoms with van der Waals surface area (Å²) in [7, 11) is 0.120. The molecule has 0 saturated carbocycles. The van der Waals surface area contributed by atoms with E-state index in [1.807, 2.05) is 0 Å². The van der Waals surface area contributed by atoms with Gasteiger partial charge in [-0.1, -0.05) is 0 Å². The van der Waals surface area contributed by atoms with Gasteiger partial charge in [0.1, 0.15) is 12.2 Å². The van der Waals surface area contributed by atoms with Gasteiger partial charge in [0.15, 0.2) is 0 Å². The van der Waals surface area contributed by atoms with Crippen molar-refractivity contribution in [3.05, 3.63) is 0 Å². The van der Waals surface area contributed by atoms with Crippen molar-refractivity contribution in [3.63, 3.8) is 0 Å². The largest absolute Gasteiger partial charge is 1.00 e. The number of aliphatic hydroxyl groups excluding tert-OH is 3. The Morgan fingerprint density at radius 1 is 1.20 bits per heavy atom. The second-order valence-electron chi connectivity index (χ2n) is 3.71. The Morgan fingerprint density at radius 2 is 1.60 bits per heavy atom. The van der Waals surface area contributed by atoms with Crippen LogP contribution in [0.4, 0.5) is 0 Å². The SMILES string of the molecule is C[PH+](C)C.OC[C@H]1O[C@H]([S-])C(O)[C@H]1O.[Au+]. The molecule has 0 aromatic carbocycles. The Kier molecular flexibility index (Phi) is 11.7. The molecule has 15 heavy (non-hydrogen) atoms. The molecule has 1 aliphatic rings. The van der Waals surface area contributed by atoms with Crippen LogP contribution in [0.1, 0.15) is 0 Å². The van der Waals surface area contributed by atoms with Crippen LogP contribution in [0.25, 0.3) is 0 Å². The van der Waals surface area contributed by atoms with Crippen molar-refractivity contribution in [1.29, 1.82) is 0 Å². The fourth-order valence-corrected chi connectivity index (χ4v) is 1.17. The van der Waals surface area contributed by atoms with E-state index in [0.29, 0.717) is 0 Å². The van der Waals surface area contributed by atoms with Crippen LogP contribution in [0.5, 0.6) is 0 Å². The number of rotatable bonds is 1. The maximum absolute atomic E-state index is 9.03. The van der Waals surface area contributed by atoms with E-state index >= 15 is 0 Å². The van der Waals surface area contributed by atoms with E-state index in [9.17, 15) is 0 Å². The smallest absolute Gasteiger partial charge is 0.759 e. The maximum atomic E-state index is 9.03. The van der Waals surface area contributed by atoms with Crippen molar-refractivity contribution < 1.29 is 42.4 Å². The summed E-state index contributed by atoms with van der Waals surface area (Å²) >= 11 is 4.60. The first-order chi connectivity index (χ1) is 6.40. The topological polar surface area (TPSA) is 69.9 Å². The molecule has 7 heteroatoms. The standard InChI is InChI=1S/C5H10O4S.C3H9P.Au/c6-1-2-3(7)4(8)5(10)9-2;1-4(2)3;/h2-8,10H,1H2;1-3H3;/q;;+1/t2-,3+,4?,5-;;/m1../s1. The first kappa shape index (κ1) is 18.7. The molecule has 4 atom stereocenters. The summed E-state index contributed by atoms with van der Waals surface area (Å²) in [5.74, 6) is 0. The molecule has 96 valence electrons. The van der Waals surface area contributed by atoms with Gasteiger partial charge in [-0.2, -0.15) is 0 Å². The molecule has 1 fully saturated rings. The van der Waals surface area contributed by atoms with Crippen molar-refractivity contribution in [2.75, 3.05) is 26.6 Å². The predicted molar refractivity (Wildman–Crippen MR) is 61.2 cm³/mol. The van der Waals surface area contributed by atoms with Crippen molar-refractivity contribution >= 4 is 20.6 Å². The van der Waals surface area contributed by atoms with Gasteiger partial charge in [-0.15, -0.1) is 0 Å². The van der Waals surface area contributed by atoms with Crippen molar-refractivity contribution in [2.24, 2.45) is 0 Å². The molecule has 1 heterocycles. The van der Waals surface area contributed by atoms with Crippen LogP contribution in [-0.4, -0.2) is 65.7 Å². The molecular weight excluding hydrogens is 420 g/mol. The Balaban J connectivity index is 0. The van der Waals surface area contributed by atoms with E-state index < -0.39 is 23.7 Å². The molecule has 0 spiro atoms. The van der Waals surface area contributed by atoms with E-state index in [4.69, 9.17) is 20.1 Å². The summed E-state index contributed by atoms with van der Waals surface area (Å²) in [5, 5.41) is 26.5. The number of hydrogen-bond donors (Lipinski definition) is 3. The van der Waals surface area contributed by atoms with Gasteiger partial charge in [0.2, 0.25) is 0 Å². The summed E-state index contributed by atoms with van der Waals surface area (Å²) in [4.78, 5) is 0. The van der Waals surface area contributed by atoms with Crippen LogP contribution in [0.15, 0.2) is 0 Å². The average Bonchev–Trinajstić information content (AvgIpc) is 2.31. The molecule has 0 amide bonds. The normalized spacial score (nSPS) is 34.4. The summed E-state index contributed by atoms with van der Waals surface area (Å²) in [6.07, 6.45) is -2.82. The first-order valence-electron chi connectivity index (χ1n) is 4.45. The predicted octanol–water partition coefficient (Wildman–Crippen LogP) is -0.940. The van der Waals surface area contributed by atoms with Gasteiger partial charge in [0.05, 0.1) is 12.7 Å². The third kappa shape index (κ3) is 7.31. The van der Waals surface area contributed by atoms with Gasteiger partial charge in [0, 0.05) is 20.0 Å². The molecule has 0 bridgehead atoms. The monoisotopic (exact) mass is 439 g/mol. The minimum atomic E-state index is -1.05. The van der Waals surface area contributed by atoms with Gasteiger partial charge in [-0.05, 0) is 13.4 Å². The van der Waals surface area contributed by atoms with Gasteiger partial charge in [-0.25, -0.2) is 0 Å². The van der Waals surface area contributed by atoms with Gasteiger partial charge in [0.25, 0.3) is 0 Å². The third-order valence-electron chi connectivity index (χ3n) is 1.50. The zero-order valence-electron chi connectivity index (χ0n) is 8.98. The molecular formula is C8H19AuO4PS+. The summed E-state index contributed by atoms with van der Waals surface area (Å²) in [5.41, 5.74) is -0.799. The van der Waals surface area contributed by atoms with Gasteiger partial charge >= 0.3 is 22.4 Å². The van der Waals surface area contributed by atoms with Crippen molar-refractivity contribution in [1.82, 2.24) is 0 Å². The van der Waals surface area contributed by atoms with E-state index in [1.165, 1.54) is 0 Å². The van der Waals surface area contributed by atoms with Gasteiger partial charge in [-0.3, -0.25) is 0 Å². The molecule has 0 aromatic rings. The van der Waals surface area contributed by atoms with Crippen LogP contribution in [0.3, 0.4) is 0 Å². The summed E-state index contributed by atoms with van der Waals surface area (Å²) in [6, 6.07) is 0. The van der Waals surface area contributed by atoms with E-state index in [-0.39, 0.29) is 36.9 Å². The van der Waals surface area contributed by atoms with Crippen molar-refractivity contribution in [3.8, 4) is 0 Å². The molecule has 0 radical (unpaired) electrons. The van der Waals surface area contributed by atoms with Crippen LogP contribution in [0.2, 0.25) is 0 Å². The molecule has 4 nitrogen and oxygen atoms in total. The number of hydrogen-bond acceptors (Lipinski definition) is 5. The van der Waals surface area contributed by atoms with Crippen molar-refractivity contribution in [2.45, 2.75) is 23.7 Å². The van der Waals surface area contributed by atoms with Crippen LogP contribution in [-0.2, 0) is 39.7 Å². The molecule has 1 rings (SSSR count). The zero-order chi connectivity index (χ0) is 11.3. The Bertz CT molecular complexity index is 161. The fourth-order valence-electron chi connectivity index (χ4n) is 0.865. The fraction of sp³-hybridized carbons (Fsp3) is 1.00. The average molecular weight is 439 g/mol. The Morgan fingerprint density at radius 3 is 1.73 bits per heavy atom. The number of ether oxygens (including phenoxy) is 1. The zero-order valence-corrected chi connectivity index (χ0v) is 13.0. The quantitative estimate of drug-likeness (QED) is 0.280. The van der Waals surface area contributed by atoms with E-state index in [2.05, 4.69) is 32.6 Å². The first-order valence-corrected chi connectivity index (χ1v) is 7.92. The van der Waals surface area contributed by atoms with Crippen LogP contribution in [0, 0.1) is 0 Å².